The number of furan rings is 1. The van der Waals surface area contributed by atoms with E-state index in [4.69, 9.17) is 4.42 Å². The van der Waals surface area contributed by atoms with Crippen LogP contribution in [-0.4, -0.2) is 29.7 Å². The van der Waals surface area contributed by atoms with Crippen molar-refractivity contribution in [3.8, 4) is 0 Å². The van der Waals surface area contributed by atoms with Crippen molar-refractivity contribution in [2.75, 3.05) is 23.3 Å². The molecule has 2 aromatic carbocycles. The smallest absolute Gasteiger partial charge is 0.242 e. The number of para-hydroxylation sites is 2. The maximum Gasteiger partial charge on any atom is 0.242 e. The van der Waals surface area contributed by atoms with Gasteiger partial charge in [0.15, 0.2) is 5.78 Å². The summed E-state index contributed by atoms with van der Waals surface area (Å²) >= 11 is 0. The first kappa shape index (κ1) is 22.7. The Morgan fingerprint density at radius 2 is 1.81 bits per heavy atom. The van der Waals surface area contributed by atoms with Gasteiger partial charge >= 0.3 is 0 Å². The summed E-state index contributed by atoms with van der Waals surface area (Å²) in [5, 5.41) is 3.59. The lowest BCUT2D eigenvalue weighted by Crippen LogP contribution is -2.45. The first-order valence-electron chi connectivity index (χ1n) is 12.7. The van der Waals surface area contributed by atoms with Crippen LogP contribution in [0.4, 0.5) is 11.4 Å². The van der Waals surface area contributed by atoms with Gasteiger partial charge in [-0.15, -0.1) is 0 Å². The van der Waals surface area contributed by atoms with Gasteiger partial charge < -0.3 is 19.5 Å². The fourth-order valence-electron chi connectivity index (χ4n) is 5.92. The molecule has 2 aliphatic heterocycles. The van der Waals surface area contributed by atoms with Gasteiger partial charge in [-0.25, -0.2) is 0 Å². The van der Waals surface area contributed by atoms with Crippen LogP contribution in [-0.2, 0) is 22.6 Å². The molecule has 3 aliphatic rings. The number of carbonyl (C=O) groups is 2. The van der Waals surface area contributed by atoms with Crippen LogP contribution in [0.3, 0.4) is 0 Å². The Hall–Kier alpha value is -3.80. The molecule has 0 saturated carbocycles. The molecule has 1 atom stereocenters. The number of fused-ring (bicyclic) bond motifs is 2. The maximum atomic E-state index is 13.8. The fraction of sp³-hybridized carbons (Fsp3) is 0.333. The van der Waals surface area contributed by atoms with Crippen LogP contribution in [0, 0.1) is 5.41 Å². The molecule has 36 heavy (non-hydrogen) atoms. The molecule has 0 saturated heterocycles. The normalized spacial score (nSPS) is 20.7. The summed E-state index contributed by atoms with van der Waals surface area (Å²) in [6, 6.07) is 19.6. The molecule has 3 aromatic rings. The van der Waals surface area contributed by atoms with Gasteiger partial charge in [0.1, 0.15) is 11.8 Å². The highest BCUT2D eigenvalue weighted by Crippen LogP contribution is 2.48. The third kappa shape index (κ3) is 4.00. The molecule has 1 aliphatic carbocycles. The first-order chi connectivity index (χ1) is 17.4. The van der Waals surface area contributed by atoms with Crippen molar-refractivity contribution in [3.63, 3.8) is 0 Å². The zero-order valence-electron chi connectivity index (χ0n) is 20.8. The number of hydrogen-bond donors (Lipinski definition) is 1. The summed E-state index contributed by atoms with van der Waals surface area (Å²) in [5.41, 5.74) is 5.80. The Labute approximate surface area is 211 Å². The minimum Gasteiger partial charge on any atom is -0.467 e. The minimum absolute atomic E-state index is 0.0449. The number of rotatable bonds is 3. The van der Waals surface area contributed by atoms with Crippen LogP contribution in [0.1, 0.15) is 49.6 Å². The average molecular weight is 482 g/mol. The van der Waals surface area contributed by atoms with E-state index >= 15 is 0 Å². The highest BCUT2D eigenvalue weighted by molar-refractivity contribution is 6.01. The number of ketones is 1. The van der Waals surface area contributed by atoms with E-state index in [0.29, 0.717) is 30.8 Å². The number of amides is 1. The lowest BCUT2D eigenvalue weighted by atomic mass is 9.74. The number of nitrogens with one attached hydrogen (secondary N) is 1. The third-order valence-electron chi connectivity index (χ3n) is 7.61. The van der Waals surface area contributed by atoms with Crippen molar-refractivity contribution in [1.29, 1.82) is 0 Å². The fourth-order valence-corrected chi connectivity index (χ4v) is 5.92. The predicted octanol–water partition coefficient (Wildman–Crippen LogP) is 5.48. The van der Waals surface area contributed by atoms with E-state index in [1.165, 1.54) is 11.1 Å². The van der Waals surface area contributed by atoms with E-state index in [1.54, 1.807) is 6.26 Å². The summed E-state index contributed by atoms with van der Waals surface area (Å²) in [5.74, 6) is 0.821. The Bertz CT molecular complexity index is 1360. The molecule has 1 N–H and O–H groups in total. The second kappa shape index (κ2) is 8.70. The molecular weight excluding hydrogens is 450 g/mol. The highest BCUT2D eigenvalue weighted by atomic mass is 16.3. The van der Waals surface area contributed by atoms with Gasteiger partial charge in [-0.05, 0) is 53.6 Å². The lowest BCUT2D eigenvalue weighted by molar-refractivity contribution is -0.130. The number of benzene rings is 2. The van der Waals surface area contributed by atoms with Crippen LogP contribution in [0.15, 0.2) is 82.6 Å². The summed E-state index contributed by atoms with van der Waals surface area (Å²) in [7, 11) is 0. The van der Waals surface area contributed by atoms with E-state index in [9.17, 15) is 9.59 Å². The molecule has 0 fully saturated rings. The molecule has 6 nitrogen and oxygen atoms in total. The number of hydrogen-bond acceptors (Lipinski definition) is 5. The molecule has 6 heteroatoms. The standard InChI is InChI=1S/C30H31N3O3/c1-30(2)16-23-28(25(34)17-30)29(26-12-7-15-36-26)33(24-11-6-5-10-22(24)31-23)19-27(35)32-14-13-20-8-3-4-9-21(20)18-32/h3-12,15,29,31H,13-14,16-19H2,1-2H3. The molecule has 0 radical (unpaired) electrons. The van der Waals surface area contributed by atoms with Gasteiger partial charge in [-0.1, -0.05) is 50.2 Å². The summed E-state index contributed by atoms with van der Waals surface area (Å²) in [6.07, 6.45) is 3.71. The monoisotopic (exact) mass is 481 g/mol. The molecule has 184 valence electrons. The Morgan fingerprint density at radius 1 is 1.03 bits per heavy atom. The molecular formula is C30H31N3O3. The van der Waals surface area contributed by atoms with Gasteiger partial charge in [0, 0.05) is 30.8 Å². The second-order valence-electron chi connectivity index (χ2n) is 10.9. The number of nitrogens with zero attached hydrogens (tertiary/aromatic N) is 2. The number of allylic oxidation sites excluding steroid dienone is 1. The average Bonchev–Trinajstić information content (AvgIpc) is 3.35. The minimum atomic E-state index is -0.476. The van der Waals surface area contributed by atoms with Crippen LogP contribution in [0.25, 0.3) is 0 Å². The third-order valence-corrected chi connectivity index (χ3v) is 7.61. The molecule has 1 aromatic heterocycles. The van der Waals surface area contributed by atoms with Gasteiger partial charge in [-0.2, -0.15) is 0 Å². The van der Waals surface area contributed by atoms with Crippen molar-refractivity contribution in [2.45, 2.75) is 45.7 Å². The van der Waals surface area contributed by atoms with Crippen LogP contribution >= 0.6 is 0 Å². The Kier molecular flexibility index (Phi) is 5.47. The molecule has 0 spiro atoms. The van der Waals surface area contributed by atoms with Gasteiger partial charge in [0.25, 0.3) is 0 Å². The molecule has 1 unspecified atom stereocenters. The summed E-state index contributed by atoms with van der Waals surface area (Å²) < 4.78 is 5.92. The van der Waals surface area contributed by atoms with Crippen LogP contribution in [0.2, 0.25) is 0 Å². The van der Waals surface area contributed by atoms with Gasteiger partial charge in [0.05, 0.1) is 24.2 Å². The van der Waals surface area contributed by atoms with Crippen molar-refractivity contribution in [3.05, 3.63) is 95.1 Å². The molecule has 3 heterocycles. The van der Waals surface area contributed by atoms with Crippen LogP contribution in [0.5, 0.6) is 0 Å². The Morgan fingerprint density at radius 3 is 2.61 bits per heavy atom. The molecule has 1 amide bonds. The van der Waals surface area contributed by atoms with E-state index in [0.717, 1.165) is 29.9 Å². The topological polar surface area (TPSA) is 65.8 Å². The van der Waals surface area contributed by atoms with Crippen molar-refractivity contribution >= 4 is 23.1 Å². The van der Waals surface area contributed by atoms with Crippen molar-refractivity contribution < 1.29 is 14.0 Å². The van der Waals surface area contributed by atoms with Gasteiger partial charge in [0.2, 0.25) is 5.91 Å². The van der Waals surface area contributed by atoms with E-state index in [-0.39, 0.29) is 23.7 Å². The number of Topliss-reactive ketones (excluding diaryl/α,β-unsaturated/α-hetero) is 1. The largest absolute Gasteiger partial charge is 0.467 e. The molecule has 0 bridgehead atoms. The highest BCUT2D eigenvalue weighted by Gasteiger charge is 2.43. The number of carbonyl (C=O) groups excluding carboxylic acids is 2. The Balaban J connectivity index is 1.42. The second-order valence-corrected chi connectivity index (χ2v) is 10.9. The van der Waals surface area contributed by atoms with E-state index in [1.807, 2.05) is 47.4 Å². The number of anilines is 2. The summed E-state index contributed by atoms with van der Waals surface area (Å²) in [4.78, 5) is 31.4. The lowest BCUT2D eigenvalue weighted by Gasteiger charge is -2.38. The van der Waals surface area contributed by atoms with Gasteiger partial charge in [-0.3, -0.25) is 9.59 Å². The van der Waals surface area contributed by atoms with E-state index in [2.05, 4.69) is 42.3 Å². The first-order valence-corrected chi connectivity index (χ1v) is 12.7. The zero-order chi connectivity index (χ0) is 24.9. The quantitative estimate of drug-likeness (QED) is 0.537. The summed E-state index contributed by atoms with van der Waals surface area (Å²) in [6.45, 7) is 5.71. The zero-order valence-corrected chi connectivity index (χ0v) is 20.8. The SMILES string of the molecule is CC1(C)CC(=O)C2=C(C1)Nc1ccccc1N(CC(=O)N1CCc3ccccc3C1)C2c1ccco1. The van der Waals surface area contributed by atoms with E-state index < -0.39 is 6.04 Å². The van der Waals surface area contributed by atoms with Crippen molar-refractivity contribution in [2.24, 2.45) is 5.41 Å². The predicted molar refractivity (Wildman–Crippen MR) is 139 cm³/mol. The van der Waals surface area contributed by atoms with Crippen LogP contribution < -0.4 is 10.2 Å². The molecule has 6 rings (SSSR count). The maximum absolute atomic E-state index is 13.8. The van der Waals surface area contributed by atoms with Crippen molar-refractivity contribution in [1.82, 2.24) is 4.90 Å².